The molecule has 8 nitrogen and oxygen atoms in total. The van der Waals surface area contributed by atoms with E-state index in [-0.39, 0.29) is 47.3 Å². The van der Waals surface area contributed by atoms with Gasteiger partial charge in [-0.3, -0.25) is 4.79 Å². The molecule has 3 N–H and O–H groups in total. The maximum absolute atomic E-state index is 14.3. The number of halogens is 1. The Bertz CT molecular complexity index is 1180. The molecule has 8 unspecified atom stereocenters. The third-order valence-electron chi connectivity index (χ3n) is 10.4. The molecule has 3 saturated heterocycles. The van der Waals surface area contributed by atoms with Crippen LogP contribution in [0.5, 0.6) is 0 Å². The zero-order chi connectivity index (χ0) is 30.6. The Balaban J connectivity index is 1.30. The van der Waals surface area contributed by atoms with Crippen molar-refractivity contribution in [1.29, 1.82) is 0 Å². The summed E-state index contributed by atoms with van der Waals surface area (Å²) in [5.41, 5.74) is 0.908. The van der Waals surface area contributed by atoms with Crippen LogP contribution in [0.15, 0.2) is 24.3 Å². The number of sulfonamides is 1. The second-order valence-electron chi connectivity index (χ2n) is 14.0. The quantitative estimate of drug-likeness (QED) is 0.322. The van der Waals surface area contributed by atoms with Crippen LogP contribution in [0.25, 0.3) is 0 Å². The number of nitrogens with zero attached hydrogens (tertiary/aromatic N) is 1. The zero-order valence-corrected chi connectivity index (χ0v) is 27.9. The predicted molar refractivity (Wildman–Crippen MR) is 173 cm³/mol. The zero-order valence-electron chi connectivity index (χ0n) is 26.3. The second-order valence-corrected chi connectivity index (χ2v) is 16.5. The summed E-state index contributed by atoms with van der Waals surface area (Å²) in [6.07, 6.45) is 9.29. The van der Waals surface area contributed by atoms with Crippen LogP contribution in [-0.2, 0) is 19.6 Å². The second kappa shape index (κ2) is 14.5. The molecule has 0 aromatic heterocycles. The fraction of sp³-hybridized carbons (Fsp3) is 0.788. The average Bonchev–Trinajstić information content (AvgIpc) is 3.36. The number of hydrogen-bond donors (Lipinski definition) is 3. The number of fused-ring (bicyclic) bond motifs is 2. The molecule has 3 aliphatic heterocycles. The van der Waals surface area contributed by atoms with E-state index >= 15 is 0 Å². The van der Waals surface area contributed by atoms with Gasteiger partial charge in [-0.05, 0) is 108 Å². The third kappa shape index (κ3) is 8.33. The largest absolute Gasteiger partial charge is 0.376 e. The van der Waals surface area contributed by atoms with Crippen molar-refractivity contribution in [2.45, 2.75) is 121 Å². The van der Waals surface area contributed by atoms with Gasteiger partial charge in [-0.2, -0.15) is 4.31 Å². The molecule has 2 bridgehead atoms. The number of carbonyl (C=O) groups is 1. The molecule has 0 spiro atoms. The van der Waals surface area contributed by atoms with Gasteiger partial charge in [0.1, 0.15) is 0 Å². The SMILES string of the molecule is CCCNC(C(=O)NC1CCCC1CCC1CNC2CCCS(=O)(=O)N1C2)C(c1ccc(Cl)cc1)C1CCOC(C)(C)C1. The highest BCUT2D eigenvalue weighted by molar-refractivity contribution is 7.89. The van der Waals surface area contributed by atoms with Crippen LogP contribution in [0.1, 0.15) is 96.5 Å². The fourth-order valence-electron chi connectivity index (χ4n) is 8.19. The van der Waals surface area contributed by atoms with Crippen LogP contribution < -0.4 is 16.0 Å². The molecule has 8 atom stereocenters. The van der Waals surface area contributed by atoms with E-state index in [9.17, 15) is 13.2 Å². The number of benzene rings is 1. The maximum Gasteiger partial charge on any atom is 0.238 e. The van der Waals surface area contributed by atoms with Gasteiger partial charge in [0.2, 0.25) is 15.9 Å². The lowest BCUT2D eigenvalue weighted by atomic mass is 9.73. The molecular formula is C33H53ClN4O4S. The predicted octanol–water partition coefficient (Wildman–Crippen LogP) is 4.83. The number of hydrogen-bond acceptors (Lipinski definition) is 6. The van der Waals surface area contributed by atoms with E-state index in [1.807, 2.05) is 12.1 Å². The Labute approximate surface area is 264 Å². The van der Waals surface area contributed by atoms with Crippen LogP contribution in [0.2, 0.25) is 5.02 Å². The molecule has 4 aliphatic rings. The molecule has 1 saturated carbocycles. The van der Waals surface area contributed by atoms with E-state index in [0.717, 1.165) is 82.9 Å². The Morgan fingerprint density at radius 3 is 2.67 bits per heavy atom. The number of carbonyl (C=O) groups excluding carboxylic acids is 1. The first-order valence-corrected chi connectivity index (χ1v) is 18.7. The Kier molecular flexibility index (Phi) is 11.1. The topological polar surface area (TPSA) is 99.8 Å². The summed E-state index contributed by atoms with van der Waals surface area (Å²) in [6.45, 7) is 9.21. The number of nitrogens with one attached hydrogen (secondary N) is 3. The molecule has 10 heteroatoms. The number of ether oxygens (including phenoxy) is 1. The van der Waals surface area contributed by atoms with Crippen molar-refractivity contribution in [1.82, 2.24) is 20.3 Å². The summed E-state index contributed by atoms with van der Waals surface area (Å²) in [5, 5.41) is 11.5. The standard InChI is InChI=1S/C33H53ClN4O4S/c1-4-17-35-31(30(24-10-13-26(34)14-11-24)25-16-18-42-33(2,3)20-25)32(39)37-29-9-5-7-23(29)12-15-28-21-36-27-8-6-19-43(40,41)38(28)22-27/h10-11,13-14,23,25,27-31,35-36H,4-9,12,15-22H2,1-3H3,(H,37,39). The van der Waals surface area contributed by atoms with Gasteiger partial charge in [0, 0.05) is 48.8 Å². The summed E-state index contributed by atoms with van der Waals surface area (Å²) in [7, 11) is -3.20. The van der Waals surface area contributed by atoms with Crippen molar-refractivity contribution in [2.24, 2.45) is 11.8 Å². The number of piperazine rings is 1. The molecule has 5 rings (SSSR count). The molecule has 1 amide bonds. The molecule has 0 radical (unpaired) electrons. The van der Waals surface area contributed by atoms with Crippen LogP contribution in [0, 0.1) is 11.8 Å². The highest BCUT2D eigenvalue weighted by atomic mass is 35.5. The van der Waals surface area contributed by atoms with Crippen molar-refractivity contribution in [3.63, 3.8) is 0 Å². The monoisotopic (exact) mass is 636 g/mol. The molecule has 4 fully saturated rings. The third-order valence-corrected chi connectivity index (χ3v) is 12.6. The molecule has 1 aliphatic carbocycles. The Hall–Kier alpha value is -1.23. The Morgan fingerprint density at radius 2 is 1.93 bits per heavy atom. The molecule has 3 heterocycles. The first kappa shape index (κ1) is 33.1. The normalized spacial score (nSPS) is 33.3. The highest BCUT2D eigenvalue weighted by Crippen LogP contribution is 2.41. The van der Waals surface area contributed by atoms with Gasteiger partial charge in [0.25, 0.3) is 0 Å². The van der Waals surface area contributed by atoms with Crippen LogP contribution in [0.3, 0.4) is 0 Å². The van der Waals surface area contributed by atoms with Gasteiger partial charge in [0.05, 0.1) is 17.4 Å². The van der Waals surface area contributed by atoms with Gasteiger partial charge in [0.15, 0.2) is 0 Å². The fourth-order valence-corrected chi connectivity index (χ4v) is 10.1. The Morgan fingerprint density at radius 1 is 1.14 bits per heavy atom. The molecule has 43 heavy (non-hydrogen) atoms. The minimum atomic E-state index is -3.20. The van der Waals surface area contributed by atoms with Gasteiger partial charge >= 0.3 is 0 Å². The van der Waals surface area contributed by atoms with Gasteiger partial charge in [-0.1, -0.05) is 37.1 Å². The molecular weight excluding hydrogens is 584 g/mol. The summed E-state index contributed by atoms with van der Waals surface area (Å²) in [4.78, 5) is 14.3. The number of amides is 1. The highest BCUT2D eigenvalue weighted by Gasteiger charge is 2.42. The van der Waals surface area contributed by atoms with Crippen molar-refractivity contribution >= 4 is 27.5 Å². The van der Waals surface area contributed by atoms with Gasteiger partial charge in [-0.15, -0.1) is 0 Å². The minimum absolute atomic E-state index is 0.00125. The van der Waals surface area contributed by atoms with Crippen molar-refractivity contribution in [2.75, 3.05) is 32.0 Å². The first-order chi connectivity index (χ1) is 20.6. The summed E-state index contributed by atoms with van der Waals surface area (Å²) in [5.74, 6) is 0.990. The maximum atomic E-state index is 14.3. The van der Waals surface area contributed by atoms with E-state index < -0.39 is 10.0 Å². The van der Waals surface area contributed by atoms with Gasteiger partial charge in [-0.25, -0.2) is 8.42 Å². The number of rotatable bonds is 11. The smallest absolute Gasteiger partial charge is 0.238 e. The van der Waals surface area contributed by atoms with E-state index in [2.05, 4.69) is 48.9 Å². The summed E-state index contributed by atoms with van der Waals surface area (Å²) < 4.78 is 33.8. The van der Waals surface area contributed by atoms with Crippen molar-refractivity contribution in [3.8, 4) is 0 Å². The van der Waals surface area contributed by atoms with Crippen molar-refractivity contribution < 1.29 is 17.9 Å². The lowest BCUT2D eigenvalue weighted by molar-refractivity contribution is -0.126. The van der Waals surface area contributed by atoms with E-state index in [0.29, 0.717) is 30.0 Å². The summed E-state index contributed by atoms with van der Waals surface area (Å²) >= 11 is 6.29. The molecule has 1 aromatic rings. The summed E-state index contributed by atoms with van der Waals surface area (Å²) in [6, 6.07) is 8.06. The first-order valence-electron chi connectivity index (χ1n) is 16.7. The van der Waals surface area contributed by atoms with E-state index in [1.165, 1.54) is 0 Å². The van der Waals surface area contributed by atoms with Crippen LogP contribution in [0.4, 0.5) is 0 Å². The van der Waals surface area contributed by atoms with Gasteiger partial charge < -0.3 is 20.7 Å². The van der Waals surface area contributed by atoms with E-state index in [4.69, 9.17) is 16.3 Å². The molecule has 242 valence electrons. The minimum Gasteiger partial charge on any atom is -0.376 e. The van der Waals surface area contributed by atoms with Crippen molar-refractivity contribution in [3.05, 3.63) is 34.9 Å². The lowest BCUT2D eigenvalue weighted by Gasteiger charge is -2.42. The molecule has 1 aromatic carbocycles. The lowest BCUT2D eigenvalue weighted by Crippen LogP contribution is -2.57. The van der Waals surface area contributed by atoms with E-state index in [1.54, 1.807) is 4.31 Å². The average molecular weight is 637 g/mol. The van der Waals surface area contributed by atoms with Crippen LogP contribution >= 0.6 is 11.6 Å². The van der Waals surface area contributed by atoms with Crippen LogP contribution in [-0.4, -0.2) is 80.4 Å².